The summed E-state index contributed by atoms with van der Waals surface area (Å²) in [5.74, 6) is -0.130. The van der Waals surface area contributed by atoms with E-state index in [-0.39, 0.29) is 16.3 Å². The molecule has 1 N–H and O–H groups in total. The van der Waals surface area contributed by atoms with Crippen LogP contribution in [-0.4, -0.2) is 22.5 Å². The van der Waals surface area contributed by atoms with Crippen LogP contribution >= 0.6 is 15.9 Å². The minimum absolute atomic E-state index is 0.130. The zero-order chi connectivity index (χ0) is 15.2. The van der Waals surface area contributed by atoms with Crippen molar-refractivity contribution in [3.63, 3.8) is 0 Å². The highest BCUT2D eigenvalue weighted by molar-refractivity contribution is 9.10. The number of hydrogen-bond donors (Lipinski definition) is 1. The van der Waals surface area contributed by atoms with Gasteiger partial charge in [-0.15, -0.1) is 0 Å². The van der Waals surface area contributed by atoms with Gasteiger partial charge >= 0.3 is 0 Å². The van der Waals surface area contributed by atoms with E-state index in [9.17, 15) is 13.5 Å². The Morgan fingerprint density at radius 2 is 1.90 bits per heavy atom. The molecule has 1 aromatic carbocycles. The lowest BCUT2D eigenvalue weighted by atomic mass is 10.2. The second kappa shape index (κ2) is 4.85. The molecule has 0 bridgehead atoms. The first-order chi connectivity index (χ1) is 9.89. The SMILES string of the molecule is Cc1ccc(S(=O)(=O)n2cc(O)c3cc(Br)cnc32)cc1. The van der Waals surface area contributed by atoms with Crippen molar-refractivity contribution < 1.29 is 13.5 Å². The molecule has 21 heavy (non-hydrogen) atoms. The summed E-state index contributed by atoms with van der Waals surface area (Å²) in [6, 6.07) is 8.14. The van der Waals surface area contributed by atoms with E-state index in [0.29, 0.717) is 9.86 Å². The number of aromatic hydroxyl groups is 1. The highest BCUT2D eigenvalue weighted by Crippen LogP contribution is 2.30. The molecule has 0 saturated heterocycles. The Hall–Kier alpha value is -1.86. The summed E-state index contributed by atoms with van der Waals surface area (Å²) < 4.78 is 27.0. The van der Waals surface area contributed by atoms with Crippen molar-refractivity contribution in [2.45, 2.75) is 11.8 Å². The maximum Gasteiger partial charge on any atom is 0.269 e. The normalized spacial score (nSPS) is 11.9. The Bertz CT molecular complexity index is 931. The van der Waals surface area contributed by atoms with E-state index in [2.05, 4.69) is 20.9 Å². The smallest absolute Gasteiger partial charge is 0.269 e. The molecule has 0 fully saturated rings. The largest absolute Gasteiger partial charge is 0.506 e. The van der Waals surface area contributed by atoms with E-state index < -0.39 is 10.0 Å². The van der Waals surface area contributed by atoms with Crippen LogP contribution in [0.15, 0.2) is 52.1 Å². The molecule has 108 valence electrons. The Balaban J connectivity index is 2.26. The lowest BCUT2D eigenvalue weighted by molar-refractivity contribution is 0.480. The Morgan fingerprint density at radius 3 is 2.57 bits per heavy atom. The molecule has 7 heteroatoms. The van der Waals surface area contributed by atoms with E-state index in [4.69, 9.17) is 0 Å². The van der Waals surface area contributed by atoms with Gasteiger partial charge in [0.15, 0.2) is 5.65 Å². The molecular weight excluding hydrogens is 356 g/mol. The molecule has 0 aliphatic rings. The lowest BCUT2D eigenvalue weighted by Gasteiger charge is -2.07. The number of fused-ring (bicyclic) bond motifs is 1. The molecule has 3 aromatic rings. The summed E-state index contributed by atoms with van der Waals surface area (Å²) in [7, 11) is -3.80. The van der Waals surface area contributed by atoms with Gasteiger partial charge in [-0.3, -0.25) is 0 Å². The second-order valence-corrected chi connectivity index (χ2v) is 7.38. The van der Waals surface area contributed by atoms with Crippen LogP contribution in [0.4, 0.5) is 0 Å². The highest BCUT2D eigenvalue weighted by Gasteiger charge is 2.22. The predicted molar refractivity (Wildman–Crippen MR) is 82.9 cm³/mol. The van der Waals surface area contributed by atoms with E-state index in [0.717, 1.165) is 9.54 Å². The number of nitrogens with zero attached hydrogens (tertiary/aromatic N) is 2. The molecule has 2 aromatic heterocycles. The Morgan fingerprint density at radius 1 is 1.24 bits per heavy atom. The molecule has 2 heterocycles. The molecule has 0 amide bonds. The number of benzene rings is 1. The summed E-state index contributed by atoms with van der Waals surface area (Å²) in [5.41, 5.74) is 1.16. The maximum absolute atomic E-state index is 12.7. The molecule has 0 radical (unpaired) electrons. The van der Waals surface area contributed by atoms with Gasteiger partial charge < -0.3 is 5.11 Å². The molecule has 0 aliphatic heterocycles. The van der Waals surface area contributed by atoms with Crippen LogP contribution in [0.2, 0.25) is 0 Å². The van der Waals surface area contributed by atoms with Gasteiger partial charge in [0.1, 0.15) is 5.75 Å². The topological polar surface area (TPSA) is 72.2 Å². The summed E-state index contributed by atoms with van der Waals surface area (Å²) in [6.07, 6.45) is 2.65. The first-order valence-corrected chi connectivity index (χ1v) is 8.31. The minimum atomic E-state index is -3.80. The molecular formula is C14H11BrN2O3S. The van der Waals surface area contributed by atoms with Crippen molar-refractivity contribution in [3.8, 4) is 5.75 Å². The number of halogens is 1. The van der Waals surface area contributed by atoms with Crippen LogP contribution in [-0.2, 0) is 10.0 Å². The summed E-state index contributed by atoms with van der Waals surface area (Å²) in [4.78, 5) is 4.24. The van der Waals surface area contributed by atoms with E-state index >= 15 is 0 Å². The Kier molecular flexibility index (Phi) is 3.26. The van der Waals surface area contributed by atoms with Crippen LogP contribution in [0.3, 0.4) is 0 Å². The zero-order valence-corrected chi connectivity index (χ0v) is 13.4. The standard InChI is InChI=1S/C14H11BrN2O3S/c1-9-2-4-11(5-3-9)21(19,20)17-8-13(18)12-6-10(15)7-16-14(12)17/h2-8,18H,1H3. The molecule has 3 rings (SSSR count). The summed E-state index contributed by atoms with van der Waals surface area (Å²) in [5, 5.41) is 10.3. The number of hydrogen-bond acceptors (Lipinski definition) is 4. The zero-order valence-electron chi connectivity index (χ0n) is 11.0. The number of pyridine rings is 1. The first kappa shape index (κ1) is 14.1. The third-order valence-corrected chi connectivity index (χ3v) is 5.23. The van der Waals surface area contributed by atoms with Gasteiger partial charge in [-0.25, -0.2) is 17.4 Å². The van der Waals surface area contributed by atoms with Gasteiger partial charge in [0, 0.05) is 10.7 Å². The number of rotatable bonds is 2. The molecule has 0 saturated carbocycles. The molecule has 0 atom stereocenters. The number of aromatic nitrogens is 2. The van der Waals surface area contributed by atoms with Crippen LogP contribution in [0.1, 0.15) is 5.56 Å². The molecule has 0 unspecified atom stereocenters. The lowest BCUT2D eigenvalue weighted by Crippen LogP contribution is -2.12. The number of aryl methyl sites for hydroxylation is 1. The second-order valence-electron chi connectivity index (χ2n) is 4.65. The summed E-state index contributed by atoms with van der Waals surface area (Å²) >= 11 is 3.25. The van der Waals surface area contributed by atoms with Gasteiger partial charge in [-0.2, -0.15) is 0 Å². The van der Waals surface area contributed by atoms with Crippen LogP contribution in [0.25, 0.3) is 11.0 Å². The van der Waals surface area contributed by atoms with Gasteiger partial charge in [0.05, 0.1) is 16.5 Å². The summed E-state index contributed by atoms with van der Waals surface area (Å²) in [6.45, 7) is 1.88. The van der Waals surface area contributed by atoms with Crippen molar-refractivity contribution in [2.75, 3.05) is 0 Å². The average molecular weight is 367 g/mol. The van der Waals surface area contributed by atoms with E-state index in [1.807, 2.05) is 6.92 Å². The molecule has 0 spiro atoms. The molecule has 0 aliphatic carbocycles. The van der Waals surface area contributed by atoms with E-state index in [1.54, 1.807) is 18.2 Å². The van der Waals surface area contributed by atoms with Crippen molar-refractivity contribution in [2.24, 2.45) is 0 Å². The first-order valence-electron chi connectivity index (χ1n) is 6.07. The van der Waals surface area contributed by atoms with Crippen LogP contribution in [0, 0.1) is 6.92 Å². The predicted octanol–water partition coefficient (Wildman–Crippen LogP) is 3.05. The van der Waals surface area contributed by atoms with Crippen LogP contribution < -0.4 is 0 Å². The minimum Gasteiger partial charge on any atom is -0.506 e. The van der Waals surface area contributed by atoms with Crippen molar-refractivity contribution in [1.29, 1.82) is 0 Å². The molecule has 5 nitrogen and oxygen atoms in total. The van der Waals surface area contributed by atoms with Crippen molar-refractivity contribution >= 4 is 37.0 Å². The third-order valence-electron chi connectivity index (χ3n) is 3.14. The van der Waals surface area contributed by atoms with Crippen LogP contribution in [0.5, 0.6) is 5.75 Å². The van der Waals surface area contributed by atoms with Crippen molar-refractivity contribution in [3.05, 3.63) is 52.8 Å². The van der Waals surface area contributed by atoms with E-state index in [1.165, 1.54) is 24.5 Å². The van der Waals surface area contributed by atoms with Gasteiger partial charge in [0.2, 0.25) is 0 Å². The Labute approximate surface area is 130 Å². The van der Waals surface area contributed by atoms with Gasteiger partial charge in [0.25, 0.3) is 10.0 Å². The fourth-order valence-corrected chi connectivity index (χ4v) is 3.70. The van der Waals surface area contributed by atoms with Crippen molar-refractivity contribution in [1.82, 2.24) is 8.96 Å². The monoisotopic (exact) mass is 366 g/mol. The van der Waals surface area contributed by atoms with Gasteiger partial charge in [-0.1, -0.05) is 17.7 Å². The fourth-order valence-electron chi connectivity index (χ4n) is 2.04. The fraction of sp³-hybridized carbons (Fsp3) is 0.0714. The highest BCUT2D eigenvalue weighted by atomic mass is 79.9. The third kappa shape index (κ3) is 2.32. The quantitative estimate of drug-likeness (QED) is 0.756. The maximum atomic E-state index is 12.7. The van der Waals surface area contributed by atoms with Gasteiger partial charge in [-0.05, 0) is 41.1 Å². The average Bonchev–Trinajstić information content (AvgIpc) is 2.77.